The van der Waals surface area contributed by atoms with Gasteiger partial charge in [0.05, 0.1) is 12.2 Å². The van der Waals surface area contributed by atoms with Crippen molar-refractivity contribution < 1.29 is 9.53 Å². The fourth-order valence-electron chi connectivity index (χ4n) is 1.01. The zero-order chi connectivity index (χ0) is 10.4. The summed E-state index contributed by atoms with van der Waals surface area (Å²) in [6.07, 6.45) is 1.95. The summed E-state index contributed by atoms with van der Waals surface area (Å²) in [5.74, 6) is -0.250. The third-order valence-corrected chi connectivity index (χ3v) is 2.28. The molecule has 0 saturated heterocycles. The Hall–Kier alpha value is -0.830. The topological polar surface area (TPSA) is 26.3 Å². The van der Waals surface area contributed by atoms with E-state index in [0.29, 0.717) is 12.2 Å². The molecular formula is C11H13BrO2. The molecule has 0 N–H and O–H groups in total. The number of hydrogen-bond acceptors (Lipinski definition) is 2. The van der Waals surface area contributed by atoms with Gasteiger partial charge in [-0.1, -0.05) is 35.3 Å². The molecule has 2 nitrogen and oxygen atoms in total. The molecule has 76 valence electrons. The van der Waals surface area contributed by atoms with E-state index in [2.05, 4.69) is 22.9 Å². The van der Waals surface area contributed by atoms with Crippen molar-refractivity contribution in [1.82, 2.24) is 0 Å². The van der Waals surface area contributed by atoms with Gasteiger partial charge in [-0.25, -0.2) is 4.79 Å². The van der Waals surface area contributed by atoms with Gasteiger partial charge in [-0.3, -0.25) is 0 Å². The first-order chi connectivity index (χ1) is 6.74. The van der Waals surface area contributed by atoms with E-state index in [0.717, 1.165) is 17.3 Å². The van der Waals surface area contributed by atoms with E-state index in [1.54, 1.807) is 12.1 Å². The molecule has 1 rings (SSSR count). The molecule has 14 heavy (non-hydrogen) atoms. The molecule has 1 aromatic rings. The number of esters is 1. The van der Waals surface area contributed by atoms with Crippen LogP contribution in [0.2, 0.25) is 0 Å². The molecular weight excluding hydrogens is 244 g/mol. The normalized spacial score (nSPS) is 9.86. The number of halogens is 1. The Balaban J connectivity index is 2.52. The minimum atomic E-state index is -0.250. The first-order valence-corrected chi connectivity index (χ1v) is 5.46. The Morgan fingerprint density at radius 2 is 2.29 bits per heavy atom. The van der Waals surface area contributed by atoms with Crippen LogP contribution in [-0.4, -0.2) is 12.6 Å². The quantitative estimate of drug-likeness (QED) is 0.610. The Kier molecular flexibility index (Phi) is 4.66. The van der Waals surface area contributed by atoms with Gasteiger partial charge in [0.2, 0.25) is 0 Å². The highest BCUT2D eigenvalue weighted by Crippen LogP contribution is 2.12. The fraction of sp³-hybridized carbons (Fsp3) is 0.364. The molecule has 0 radical (unpaired) electrons. The molecule has 0 amide bonds. The summed E-state index contributed by atoms with van der Waals surface area (Å²) in [5, 5.41) is 0. The first kappa shape index (κ1) is 11.2. The molecule has 3 heteroatoms. The van der Waals surface area contributed by atoms with Crippen LogP contribution in [0.3, 0.4) is 0 Å². The van der Waals surface area contributed by atoms with Crippen LogP contribution in [0.25, 0.3) is 0 Å². The fourth-order valence-corrected chi connectivity index (χ4v) is 1.41. The van der Waals surface area contributed by atoms with Crippen molar-refractivity contribution in [2.75, 3.05) is 6.61 Å². The Morgan fingerprint density at radius 3 is 2.93 bits per heavy atom. The Labute approximate surface area is 92.4 Å². The number of unbranched alkanes of at least 4 members (excludes halogenated alkanes) is 1. The van der Waals surface area contributed by atoms with Gasteiger partial charge in [0.15, 0.2) is 0 Å². The van der Waals surface area contributed by atoms with Gasteiger partial charge in [-0.2, -0.15) is 0 Å². The monoisotopic (exact) mass is 256 g/mol. The predicted octanol–water partition coefficient (Wildman–Crippen LogP) is 3.41. The molecule has 0 aromatic heterocycles. The van der Waals surface area contributed by atoms with E-state index in [1.807, 2.05) is 12.1 Å². The van der Waals surface area contributed by atoms with Crippen molar-refractivity contribution in [2.45, 2.75) is 19.8 Å². The maximum atomic E-state index is 11.4. The van der Waals surface area contributed by atoms with Crippen LogP contribution in [0.15, 0.2) is 28.7 Å². The second-order valence-corrected chi connectivity index (χ2v) is 3.92. The SMILES string of the molecule is CCCCOC(=O)c1cccc(Br)c1. The summed E-state index contributed by atoms with van der Waals surface area (Å²) >= 11 is 3.30. The van der Waals surface area contributed by atoms with E-state index in [1.165, 1.54) is 0 Å². The lowest BCUT2D eigenvalue weighted by Gasteiger charge is -2.03. The summed E-state index contributed by atoms with van der Waals surface area (Å²) in [4.78, 5) is 11.4. The van der Waals surface area contributed by atoms with Gasteiger partial charge >= 0.3 is 5.97 Å². The average Bonchev–Trinajstić information content (AvgIpc) is 2.18. The van der Waals surface area contributed by atoms with E-state index in [-0.39, 0.29) is 5.97 Å². The van der Waals surface area contributed by atoms with Gasteiger partial charge in [0, 0.05) is 4.47 Å². The van der Waals surface area contributed by atoms with Gasteiger partial charge in [-0.15, -0.1) is 0 Å². The molecule has 0 atom stereocenters. The minimum Gasteiger partial charge on any atom is -0.462 e. The molecule has 0 aliphatic carbocycles. The highest BCUT2D eigenvalue weighted by atomic mass is 79.9. The van der Waals surface area contributed by atoms with E-state index >= 15 is 0 Å². The van der Waals surface area contributed by atoms with E-state index in [9.17, 15) is 4.79 Å². The number of carbonyl (C=O) groups is 1. The molecule has 0 heterocycles. The first-order valence-electron chi connectivity index (χ1n) is 4.66. The third kappa shape index (κ3) is 3.50. The second-order valence-electron chi connectivity index (χ2n) is 3.00. The maximum absolute atomic E-state index is 11.4. The van der Waals surface area contributed by atoms with Crippen LogP contribution < -0.4 is 0 Å². The van der Waals surface area contributed by atoms with Crippen molar-refractivity contribution in [2.24, 2.45) is 0 Å². The number of benzene rings is 1. The lowest BCUT2D eigenvalue weighted by atomic mass is 10.2. The molecule has 0 fully saturated rings. The number of hydrogen-bond donors (Lipinski definition) is 0. The van der Waals surface area contributed by atoms with Crippen molar-refractivity contribution in [1.29, 1.82) is 0 Å². The van der Waals surface area contributed by atoms with Crippen LogP contribution in [0.4, 0.5) is 0 Å². The number of ether oxygens (including phenoxy) is 1. The van der Waals surface area contributed by atoms with Crippen LogP contribution in [0.1, 0.15) is 30.1 Å². The highest BCUT2D eigenvalue weighted by molar-refractivity contribution is 9.10. The zero-order valence-electron chi connectivity index (χ0n) is 8.13. The summed E-state index contributed by atoms with van der Waals surface area (Å²) in [6.45, 7) is 2.56. The van der Waals surface area contributed by atoms with Gasteiger partial charge < -0.3 is 4.74 Å². The molecule has 0 aliphatic rings. The molecule has 0 saturated carbocycles. The van der Waals surface area contributed by atoms with Crippen molar-refractivity contribution in [3.05, 3.63) is 34.3 Å². The van der Waals surface area contributed by atoms with E-state index in [4.69, 9.17) is 4.74 Å². The Bertz CT molecular complexity index is 310. The molecule has 0 unspecified atom stereocenters. The average molecular weight is 257 g/mol. The summed E-state index contributed by atoms with van der Waals surface area (Å²) in [6, 6.07) is 7.20. The van der Waals surface area contributed by atoms with Crippen LogP contribution >= 0.6 is 15.9 Å². The summed E-state index contributed by atoms with van der Waals surface area (Å²) in [5.41, 5.74) is 0.593. The largest absolute Gasteiger partial charge is 0.462 e. The molecule has 1 aromatic carbocycles. The maximum Gasteiger partial charge on any atom is 0.338 e. The zero-order valence-corrected chi connectivity index (χ0v) is 9.71. The van der Waals surface area contributed by atoms with Crippen LogP contribution in [0, 0.1) is 0 Å². The summed E-state index contributed by atoms with van der Waals surface area (Å²) in [7, 11) is 0. The van der Waals surface area contributed by atoms with Gasteiger partial charge in [-0.05, 0) is 24.6 Å². The van der Waals surface area contributed by atoms with Crippen molar-refractivity contribution in [3.63, 3.8) is 0 Å². The number of carbonyl (C=O) groups excluding carboxylic acids is 1. The smallest absolute Gasteiger partial charge is 0.338 e. The van der Waals surface area contributed by atoms with E-state index < -0.39 is 0 Å². The molecule has 0 bridgehead atoms. The third-order valence-electron chi connectivity index (χ3n) is 1.79. The Morgan fingerprint density at radius 1 is 1.50 bits per heavy atom. The minimum absolute atomic E-state index is 0.250. The lowest BCUT2D eigenvalue weighted by Crippen LogP contribution is -2.05. The number of rotatable bonds is 4. The predicted molar refractivity (Wildman–Crippen MR) is 59.3 cm³/mol. The van der Waals surface area contributed by atoms with Crippen molar-refractivity contribution >= 4 is 21.9 Å². The molecule has 0 aliphatic heterocycles. The van der Waals surface area contributed by atoms with Crippen molar-refractivity contribution in [3.8, 4) is 0 Å². The highest BCUT2D eigenvalue weighted by Gasteiger charge is 2.05. The second kappa shape index (κ2) is 5.81. The standard InChI is InChI=1S/C11H13BrO2/c1-2-3-7-14-11(13)9-5-4-6-10(12)8-9/h4-6,8H,2-3,7H2,1H3. The van der Waals surface area contributed by atoms with Gasteiger partial charge in [0.25, 0.3) is 0 Å². The lowest BCUT2D eigenvalue weighted by molar-refractivity contribution is 0.0499. The van der Waals surface area contributed by atoms with Crippen LogP contribution in [0.5, 0.6) is 0 Å². The van der Waals surface area contributed by atoms with Crippen LogP contribution in [-0.2, 0) is 4.74 Å². The molecule has 0 spiro atoms. The summed E-state index contributed by atoms with van der Waals surface area (Å²) < 4.78 is 5.95. The van der Waals surface area contributed by atoms with Gasteiger partial charge in [0.1, 0.15) is 0 Å².